The molecule has 0 N–H and O–H groups in total. The molecule has 32 heavy (non-hydrogen) atoms. The third-order valence-electron chi connectivity index (χ3n) is 4.76. The molecule has 0 aromatic carbocycles. The molecule has 0 heterocycles. The Morgan fingerprint density at radius 1 is 0.656 bits per heavy atom. The average molecular weight is 561 g/mol. The van der Waals surface area contributed by atoms with Gasteiger partial charge in [-0.15, -0.1) is 0 Å². The number of ether oxygens (including phenoxy) is 1. The Balaban J connectivity index is 4.10. The standard InChI is InChI=1S/C20H53FO5Si6/c1-27(2)23-31(9,10)25-29(5,6)18-14-13-16-20(21)22-17-15-19-30(7,8)26-32(11,12)24-28(3)4/h20,27-28H,13-19H2,1-12H3. The van der Waals surface area contributed by atoms with Gasteiger partial charge in [0.15, 0.2) is 41.1 Å². The molecule has 194 valence electrons. The van der Waals surface area contributed by atoms with Gasteiger partial charge >= 0.3 is 17.1 Å². The summed E-state index contributed by atoms with van der Waals surface area (Å²) >= 11 is 0. The van der Waals surface area contributed by atoms with Crippen LogP contribution in [0.1, 0.15) is 25.7 Å². The SMILES string of the molecule is C[SiH](C)O[Si](C)(C)O[Si](C)(C)CCCCC(F)OCCC[Si](C)(C)O[Si](C)(C)O[SiH](C)C. The van der Waals surface area contributed by atoms with Gasteiger partial charge in [0.2, 0.25) is 0 Å². The van der Waals surface area contributed by atoms with Gasteiger partial charge in [-0.25, -0.2) is 4.39 Å². The van der Waals surface area contributed by atoms with Crippen molar-refractivity contribution >= 4 is 51.8 Å². The minimum Gasteiger partial charge on any atom is -0.440 e. The number of alkyl halides is 1. The molecule has 0 bridgehead atoms. The molecule has 12 heteroatoms. The lowest BCUT2D eigenvalue weighted by atomic mass is 10.2. The maximum absolute atomic E-state index is 14.2. The Bertz CT molecular complexity index is 477. The molecular weight excluding hydrogens is 508 g/mol. The van der Waals surface area contributed by atoms with Crippen LogP contribution in [0.25, 0.3) is 0 Å². The summed E-state index contributed by atoms with van der Waals surface area (Å²) in [6, 6.07) is 2.01. The lowest BCUT2D eigenvalue weighted by Crippen LogP contribution is -2.48. The fraction of sp³-hybridized carbons (Fsp3) is 1.00. The van der Waals surface area contributed by atoms with E-state index in [9.17, 15) is 4.39 Å². The highest BCUT2D eigenvalue weighted by atomic mass is 28.5. The molecule has 0 radical (unpaired) electrons. The number of rotatable bonds is 18. The zero-order valence-corrected chi connectivity index (χ0v) is 29.4. The maximum atomic E-state index is 14.2. The molecule has 0 saturated heterocycles. The average Bonchev–Trinajstić information content (AvgIpc) is 2.50. The maximum Gasteiger partial charge on any atom is 0.310 e. The second kappa shape index (κ2) is 14.6. The Hall–Kier alpha value is 1.03. The molecule has 0 rings (SSSR count). The molecule has 0 aromatic rings. The minimum absolute atomic E-state index is 0.461. The third kappa shape index (κ3) is 18.4. The Morgan fingerprint density at radius 3 is 1.47 bits per heavy atom. The molecule has 0 saturated carbocycles. The van der Waals surface area contributed by atoms with Crippen molar-refractivity contribution in [1.29, 1.82) is 0 Å². The molecule has 1 unspecified atom stereocenters. The second-order valence-corrected chi connectivity index (χ2v) is 32.8. The van der Waals surface area contributed by atoms with Gasteiger partial charge in [0, 0.05) is 13.0 Å². The van der Waals surface area contributed by atoms with Crippen LogP contribution in [0.5, 0.6) is 0 Å². The molecule has 5 nitrogen and oxygen atoms in total. The van der Waals surface area contributed by atoms with Crippen LogP contribution in [-0.4, -0.2) is 64.8 Å². The van der Waals surface area contributed by atoms with E-state index in [-0.39, 0.29) is 0 Å². The molecule has 0 aliphatic carbocycles. The smallest absolute Gasteiger partial charge is 0.310 e. The normalized spacial score (nSPS) is 15.1. The first kappa shape index (κ1) is 33.0. The molecule has 1 atom stereocenters. The summed E-state index contributed by atoms with van der Waals surface area (Å²) in [5, 5.41) is 0. The summed E-state index contributed by atoms with van der Waals surface area (Å²) in [5.41, 5.74) is 0. The van der Waals surface area contributed by atoms with Crippen molar-refractivity contribution in [3.05, 3.63) is 0 Å². The van der Waals surface area contributed by atoms with Gasteiger partial charge in [0.05, 0.1) is 0 Å². The predicted octanol–water partition coefficient (Wildman–Crippen LogP) is 6.71. The van der Waals surface area contributed by atoms with Crippen molar-refractivity contribution in [2.75, 3.05) is 6.61 Å². The van der Waals surface area contributed by atoms with Crippen LogP contribution in [0.2, 0.25) is 90.7 Å². The third-order valence-corrected chi connectivity index (χ3v) is 24.5. The van der Waals surface area contributed by atoms with E-state index in [4.69, 9.17) is 21.2 Å². The zero-order valence-electron chi connectivity index (χ0n) is 23.1. The van der Waals surface area contributed by atoms with E-state index in [2.05, 4.69) is 78.6 Å². The van der Waals surface area contributed by atoms with Gasteiger partial charge in [-0.05, 0) is 103 Å². The summed E-state index contributed by atoms with van der Waals surface area (Å²) in [4.78, 5) is 0. The van der Waals surface area contributed by atoms with Crippen LogP contribution >= 0.6 is 0 Å². The van der Waals surface area contributed by atoms with Gasteiger partial charge in [0.25, 0.3) is 0 Å². The summed E-state index contributed by atoms with van der Waals surface area (Å²) in [7, 11) is -9.86. The Labute approximate surface area is 206 Å². The largest absolute Gasteiger partial charge is 0.440 e. The van der Waals surface area contributed by atoms with Gasteiger partial charge in [-0.1, -0.05) is 6.42 Å². The van der Waals surface area contributed by atoms with Crippen LogP contribution in [-0.2, 0) is 21.2 Å². The molecule has 0 aliphatic heterocycles. The molecule has 0 fully saturated rings. The summed E-state index contributed by atoms with van der Waals surface area (Å²) in [6.45, 7) is 26.7. The fourth-order valence-electron chi connectivity index (χ4n) is 4.26. The summed E-state index contributed by atoms with van der Waals surface area (Å²) in [5.74, 6) is 0. The highest BCUT2D eigenvalue weighted by Gasteiger charge is 2.36. The van der Waals surface area contributed by atoms with E-state index in [0.29, 0.717) is 13.0 Å². The van der Waals surface area contributed by atoms with Crippen molar-refractivity contribution in [1.82, 2.24) is 0 Å². The molecule has 0 aliphatic rings. The fourth-order valence-corrected chi connectivity index (χ4v) is 28.2. The summed E-state index contributed by atoms with van der Waals surface area (Å²) < 4.78 is 44.8. The van der Waals surface area contributed by atoms with E-state index in [1.807, 2.05) is 0 Å². The van der Waals surface area contributed by atoms with Crippen molar-refractivity contribution in [3.63, 3.8) is 0 Å². The molecule has 0 aromatic heterocycles. The lowest BCUT2D eigenvalue weighted by Gasteiger charge is -2.35. The predicted molar refractivity (Wildman–Crippen MR) is 151 cm³/mol. The van der Waals surface area contributed by atoms with Gasteiger partial charge < -0.3 is 21.2 Å². The molecule has 0 spiro atoms. The second-order valence-electron chi connectivity index (χ2n) is 11.5. The van der Waals surface area contributed by atoms with Crippen LogP contribution < -0.4 is 0 Å². The quantitative estimate of drug-likeness (QED) is 0.138. The Morgan fingerprint density at radius 2 is 1.06 bits per heavy atom. The first-order valence-electron chi connectivity index (χ1n) is 12.4. The molecule has 0 amide bonds. The van der Waals surface area contributed by atoms with Crippen LogP contribution in [0.15, 0.2) is 0 Å². The van der Waals surface area contributed by atoms with Crippen molar-refractivity contribution in [3.8, 4) is 0 Å². The Kier molecular flexibility index (Phi) is 15.0. The van der Waals surface area contributed by atoms with E-state index >= 15 is 0 Å². The minimum atomic E-state index is -2.05. The molecular formula is C20H53FO5Si6. The van der Waals surface area contributed by atoms with Gasteiger partial charge in [0.1, 0.15) is 0 Å². The van der Waals surface area contributed by atoms with E-state index in [1.165, 1.54) is 0 Å². The van der Waals surface area contributed by atoms with E-state index < -0.39 is 58.2 Å². The number of hydrogen-bond donors (Lipinski definition) is 0. The first-order chi connectivity index (χ1) is 14.3. The van der Waals surface area contributed by atoms with Crippen molar-refractivity contribution in [2.45, 2.75) is 123 Å². The number of hydrogen-bond acceptors (Lipinski definition) is 5. The zero-order chi connectivity index (χ0) is 25.2. The van der Waals surface area contributed by atoms with Crippen LogP contribution in [0.3, 0.4) is 0 Å². The van der Waals surface area contributed by atoms with Crippen molar-refractivity contribution in [2.24, 2.45) is 0 Å². The number of unbranched alkanes of at least 4 members (excludes halogenated alkanes) is 1. The van der Waals surface area contributed by atoms with Gasteiger partial charge in [-0.3, -0.25) is 0 Å². The van der Waals surface area contributed by atoms with Gasteiger partial charge in [-0.2, -0.15) is 0 Å². The monoisotopic (exact) mass is 560 g/mol. The topological polar surface area (TPSA) is 46.2 Å². The van der Waals surface area contributed by atoms with Crippen molar-refractivity contribution < 1.29 is 25.6 Å². The van der Waals surface area contributed by atoms with E-state index in [1.54, 1.807) is 0 Å². The van der Waals surface area contributed by atoms with Crippen LogP contribution in [0, 0.1) is 0 Å². The lowest BCUT2D eigenvalue weighted by molar-refractivity contribution is -0.0442. The first-order valence-corrected chi connectivity index (χ1v) is 29.8. The van der Waals surface area contributed by atoms with Crippen LogP contribution in [0.4, 0.5) is 4.39 Å². The number of halogens is 1. The highest BCUT2D eigenvalue weighted by Crippen LogP contribution is 2.24. The highest BCUT2D eigenvalue weighted by molar-refractivity contribution is 6.85. The summed E-state index contributed by atoms with van der Waals surface area (Å²) in [6.07, 6.45) is 1.95. The van der Waals surface area contributed by atoms with E-state index in [0.717, 1.165) is 31.4 Å².